The van der Waals surface area contributed by atoms with Gasteiger partial charge in [-0.05, 0) is 49.6 Å². The van der Waals surface area contributed by atoms with Crippen molar-refractivity contribution >= 4 is 11.8 Å². The van der Waals surface area contributed by atoms with Gasteiger partial charge in [0.1, 0.15) is 17.6 Å². The van der Waals surface area contributed by atoms with E-state index < -0.39 is 24.0 Å². The van der Waals surface area contributed by atoms with Crippen molar-refractivity contribution in [2.45, 2.75) is 71.8 Å². The van der Waals surface area contributed by atoms with Gasteiger partial charge in [0, 0.05) is 58.4 Å². The first-order chi connectivity index (χ1) is 18.8. The lowest BCUT2D eigenvalue weighted by molar-refractivity contribution is -0.159. The molecule has 1 fully saturated rings. The first kappa shape index (κ1) is 31.3. The number of halogens is 3. The largest absolute Gasteiger partial charge is 0.433 e. The number of nitrogens with one attached hydrogen (secondary N) is 1. The SMILES string of the molecule is COCCC(c1nccc(C)c1F)N1CC(C)N(C(=O)C(C)C)C(C(=O)NCc2ccc(OC(C)(F)F)cc2)C1. The van der Waals surface area contributed by atoms with Gasteiger partial charge in [-0.3, -0.25) is 19.5 Å². The summed E-state index contributed by atoms with van der Waals surface area (Å²) in [5.41, 5.74) is 1.43. The number of ether oxygens (including phenoxy) is 2. The van der Waals surface area contributed by atoms with Crippen molar-refractivity contribution in [2.75, 3.05) is 26.8 Å². The summed E-state index contributed by atoms with van der Waals surface area (Å²) >= 11 is 0. The molecule has 8 nitrogen and oxygen atoms in total. The highest BCUT2D eigenvalue weighted by atomic mass is 19.3. The number of hydrogen-bond acceptors (Lipinski definition) is 6. The molecule has 2 aromatic rings. The third-order valence-electron chi connectivity index (χ3n) is 6.92. The topological polar surface area (TPSA) is 84.0 Å². The Morgan fingerprint density at radius 1 is 1.18 bits per heavy atom. The molecular weight excluding hydrogens is 525 g/mol. The van der Waals surface area contributed by atoms with Gasteiger partial charge in [-0.1, -0.05) is 26.0 Å². The second-order valence-corrected chi connectivity index (χ2v) is 10.6. The first-order valence-electron chi connectivity index (χ1n) is 13.4. The minimum Gasteiger partial charge on any atom is -0.433 e. The number of carbonyl (C=O) groups excluding carboxylic acids is 2. The predicted octanol–water partition coefficient (Wildman–Crippen LogP) is 4.47. The minimum atomic E-state index is -3.30. The summed E-state index contributed by atoms with van der Waals surface area (Å²) in [5.74, 6) is -1.23. The van der Waals surface area contributed by atoms with Crippen molar-refractivity contribution in [2.24, 2.45) is 5.92 Å². The number of piperazine rings is 1. The molecule has 1 aliphatic heterocycles. The van der Waals surface area contributed by atoms with Crippen molar-refractivity contribution in [1.29, 1.82) is 0 Å². The summed E-state index contributed by atoms with van der Waals surface area (Å²) in [6, 6.07) is 5.96. The van der Waals surface area contributed by atoms with Crippen molar-refractivity contribution in [3.05, 3.63) is 59.2 Å². The van der Waals surface area contributed by atoms with Crippen LogP contribution in [0.15, 0.2) is 36.5 Å². The second-order valence-electron chi connectivity index (χ2n) is 10.6. The second kappa shape index (κ2) is 13.5. The van der Waals surface area contributed by atoms with Gasteiger partial charge in [-0.25, -0.2) is 4.39 Å². The lowest BCUT2D eigenvalue weighted by Gasteiger charge is -2.47. The molecule has 0 radical (unpaired) electrons. The molecule has 3 atom stereocenters. The van der Waals surface area contributed by atoms with Gasteiger partial charge in [-0.2, -0.15) is 8.78 Å². The van der Waals surface area contributed by atoms with Crippen molar-refractivity contribution < 1.29 is 32.2 Å². The number of benzene rings is 1. The molecule has 220 valence electrons. The summed E-state index contributed by atoms with van der Waals surface area (Å²) in [7, 11) is 1.57. The van der Waals surface area contributed by atoms with E-state index in [0.29, 0.717) is 37.6 Å². The molecule has 2 heterocycles. The number of pyridine rings is 1. The predicted molar refractivity (Wildman–Crippen MR) is 144 cm³/mol. The Morgan fingerprint density at radius 2 is 1.85 bits per heavy atom. The number of methoxy groups -OCH3 is 1. The van der Waals surface area contributed by atoms with Crippen LogP contribution in [0.3, 0.4) is 0 Å². The number of carbonyl (C=O) groups is 2. The Hall–Kier alpha value is -3.18. The van der Waals surface area contributed by atoms with Gasteiger partial charge in [0.15, 0.2) is 0 Å². The molecule has 3 unspecified atom stereocenters. The molecule has 1 aromatic heterocycles. The van der Waals surface area contributed by atoms with Crippen LogP contribution >= 0.6 is 0 Å². The Labute approximate surface area is 233 Å². The summed E-state index contributed by atoms with van der Waals surface area (Å²) in [6.07, 6.45) is -1.28. The van der Waals surface area contributed by atoms with Gasteiger partial charge >= 0.3 is 6.11 Å². The maximum atomic E-state index is 15.2. The average Bonchev–Trinajstić information content (AvgIpc) is 2.89. The third kappa shape index (κ3) is 7.94. The fourth-order valence-electron chi connectivity index (χ4n) is 4.96. The maximum absolute atomic E-state index is 15.2. The fraction of sp³-hybridized carbons (Fsp3) is 0.552. The number of alkyl halides is 2. The normalized spacial score (nSPS) is 19.0. The van der Waals surface area contributed by atoms with E-state index in [2.05, 4.69) is 15.0 Å². The van der Waals surface area contributed by atoms with Crippen LogP contribution in [0.25, 0.3) is 0 Å². The highest BCUT2D eigenvalue weighted by Gasteiger charge is 2.42. The summed E-state index contributed by atoms with van der Waals surface area (Å²) in [6.45, 7) is 8.87. The Kier molecular flexibility index (Phi) is 10.5. The Morgan fingerprint density at radius 3 is 2.45 bits per heavy atom. The first-order valence-corrected chi connectivity index (χ1v) is 13.4. The zero-order valence-corrected chi connectivity index (χ0v) is 23.9. The number of aromatic nitrogens is 1. The number of amides is 2. The molecule has 0 saturated carbocycles. The van der Waals surface area contributed by atoms with Gasteiger partial charge in [0.25, 0.3) is 0 Å². The summed E-state index contributed by atoms with van der Waals surface area (Å²) in [4.78, 5) is 34.8. The quantitative estimate of drug-likeness (QED) is 0.434. The molecule has 0 spiro atoms. The fourth-order valence-corrected chi connectivity index (χ4v) is 4.96. The molecule has 40 heavy (non-hydrogen) atoms. The summed E-state index contributed by atoms with van der Waals surface area (Å²) in [5, 5.41) is 2.88. The molecular formula is C29H39F3N4O4. The van der Waals surface area contributed by atoms with Crippen LogP contribution in [-0.2, 0) is 20.9 Å². The van der Waals surface area contributed by atoms with E-state index in [9.17, 15) is 18.4 Å². The van der Waals surface area contributed by atoms with Crippen molar-refractivity contribution in [3.63, 3.8) is 0 Å². The van der Waals surface area contributed by atoms with Crippen molar-refractivity contribution in [3.8, 4) is 5.75 Å². The van der Waals surface area contributed by atoms with E-state index in [4.69, 9.17) is 4.74 Å². The number of nitrogens with zero attached hydrogens (tertiary/aromatic N) is 3. The molecule has 2 amide bonds. The number of hydrogen-bond donors (Lipinski definition) is 1. The third-order valence-corrected chi connectivity index (χ3v) is 6.92. The molecule has 1 saturated heterocycles. The average molecular weight is 565 g/mol. The number of rotatable bonds is 11. The maximum Gasteiger partial charge on any atom is 0.394 e. The van der Waals surface area contributed by atoms with Crippen LogP contribution in [0.2, 0.25) is 0 Å². The lowest BCUT2D eigenvalue weighted by Crippen LogP contribution is -2.65. The smallest absolute Gasteiger partial charge is 0.394 e. The van der Waals surface area contributed by atoms with E-state index in [1.54, 1.807) is 57.2 Å². The van der Waals surface area contributed by atoms with E-state index in [-0.39, 0.29) is 48.3 Å². The van der Waals surface area contributed by atoms with E-state index >= 15 is 4.39 Å². The van der Waals surface area contributed by atoms with Crippen LogP contribution in [-0.4, -0.2) is 71.6 Å². The Balaban J connectivity index is 1.84. The van der Waals surface area contributed by atoms with Gasteiger partial charge in [0.05, 0.1) is 11.7 Å². The standard InChI is InChI=1S/C29H39F3N4O4/c1-18(2)28(38)36-20(4)16-35(23(12-14-39-6)26-25(30)19(3)11-13-33-26)17-24(36)27(37)34-15-21-7-9-22(10-8-21)40-29(5,31)32/h7-11,13,18,20,23-24H,12,14-17H2,1-6H3,(H,34,37). The Bertz CT molecular complexity index is 1160. The van der Waals surface area contributed by atoms with Crippen LogP contribution in [0, 0.1) is 18.7 Å². The van der Waals surface area contributed by atoms with E-state index in [0.717, 1.165) is 0 Å². The van der Waals surface area contributed by atoms with Crippen LogP contribution < -0.4 is 10.1 Å². The number of aryl methyl sites for hydroxylation is 1. The zero-order valence-electron chi connectivity index (χ0n) is 23.9. The van der Waals surface area contributed by atoms with Gasteiger partial charge < -0.3 is 19.7 Å². The highest BCUT2D eigenvalue weighted by Crippen LogP contribution is 2.31. The summed E-state index contributed by atoms with van der Waals surface area (Å²) < 4.78 is 51.3. The molecule has 0 bridgehead atoms. The van der Waals surface area contributed by atoms with Gasteiger partial charge in [-0.15, -0.1) is 0 Å². The monoisotopic (exact) mass is 564 g/mol. The van der Waals surface area contributed by atoms with Crippen molar-refractivity contribution in [1.82, 2.24) is 20.1 Å². The highest BCUT2D eigenvalue weighted by molar-refractivity contribution is 5.89. The van der Waals surface area contributed by atoms with Crippen LogP contribution in [0.4, 0.5) is 13.2 Å². The molecule has 11 heteroatoms. The van der Waals surface area contributed by atoms with Crippen LogP contribution in [0.5, 0.6) is 5.75 Å². The molecule has 3 rings (SSSR count). The van der Waals surface area contributed by atoms with E-state index in [1.807, 2.05) is 11.8 Å². The molecule has 1 aliphatic rings. The minimum absolute atomic E-state index is 0.00659. The molecule has 1 aromatic carbocycles. The van der Waals surface area contributed by atoms with Gasteiger partial charge in [0.2, 0.25) is 11.8 Å². The zero-order chi connectivity index (χ0) is 29.6. The van der Waals surface area contributed by atoms with Crippen LogP contribution in [0.1, 0.15) is 57.0 Å². The molecule has 1 N–H and O–H groups in total. The lowest BCUT2D eigenvalue weighted by atomic mass is 9.97. The molecule has 0 aliphatic carbocycles. The van der Waals surface area contributed by atoms with E-state index in [1.165, 1.54) is 12.1 Å².